The molecule has 0 saturated carbocycles. The number of nitrogens with two attached hydrogens (primary N) is 1. The molecule has 0 aliphatic heterocycles. The average Bonchev–Trinajstić information content (AvgIpc) is 2.37. The van der Waals surface area contributed by atoms with E-state index in [2.05, 4.69) is 32.9 Å². The van der Waals surface area contributed by atoms with E-state index < -0.39 is 0 Å². The molecule has 19 heavy (non-hydrogen) atoms. The largest absolute Gasteiger partial charge is 0.476 e. The van der Waals surface area contributed by atoms with Gasteiger partial charge in [0.05, 0.1) is 18.0 Å². The molecule has 6 heteroatoms. The smallest absolute Gasteiger partial charge is 0.239 e. The minimum atomic E-state index is 0.441. The molecule has 0 amide bonds. The number of ether oxygens (including phenoxy) is 1. The van der Waals surface area contributed by atoms with Gasteiger partial charge in [0.1, 0.15) is 5.82 Å². The van der Waals surface area contributed by atoms with Crippen LogP contribution >= 0.6 is 34.2 Å². The molecule has 100 valence electrons. The van der Waals surface area contributed by atoms with Crippen molar-refractivity contribution in [2.45, 2.75) is 6.92 Å². The van der Waals surface area contributed by atoms with E-state index in [-0.39, 0.29) is 0 Å². The van der Waals surface area contributed by atoms with E-state index in [4.69, 9.17) is 22.1 Å². The van der Waals surface area contributed by atoms with Crippen molar-refractivity contribution >= 4 is 51.4 Å². The van der Waals surface area contributed by atoms with Crippen LogP contribution in [0.25, 0.3) is 0 Å². The van der Waals surface area contributed by atoms with Gasteiger partial charge in [-0.3, -0.25) is 0 Å². The molecule has 0 radical (unpaired) electrons. The first-order valence-corrected chi connectivity index (χ1v) is 7.17. The second-order valence-corrected chi connectivity index (χ2v) is 5.37. The third-order valence-electron chi connectivity index (χ3n) is 2.36. The highest BCUT2D eigenvalue weighted by atomic mass is 127. The Morgan fingerprint density at radius 2 is 2.16 bits per heavy atom. The molecule has 1 aromatic heterocycles. The van der Waals surface area contributed by atoms with Crippen LogP contribution in [0.3, 0.4) is 0 Å². The van der Waals surface area contributed by atoms with Gasteiger partial charge in [0, 0.05) is 8.59 Å². The third kappa shape index (κ3) is 3.63. The molecular formula is C13H13ClIN3O. The number of pyridine rings is 1. The lowest BCUT2D eigenvalue weighted by Gasteiger charge is -2.11. The van der Waals surface area contributed by atoms with Gasteiger partial charge in [-0.2, -0.15) is 4.98 Å². The van der Waals surface area contributed by atoms with E-state index >= 15 is 0 Å². The summed E-state index contributed by atoms with van der Waals surface area (Å²) in [6, 6.07) is 9.19. The molecule has 2 rings (SSSR count). The van der Waals surface area contributed by atoms with Crippen molar-refractivity contribution in [1.29, 1.82) is 0 Å². The SMILES string of the molecule is CCOc1nc(Nc2ccc(Cl)cc2I)ccc1N. The summed E-state index contributed by atoms with van der Waals surface area (Å²) in [5, 5.41) is 3.92. The van der Waals surface area contributed by atoms with Crippen molar-refractivity contribution in [2.75, 3.05) is 17.7 Å². The van der Waals surface area contributed by atoms with Crippen LogP contribution in [0.1, 0.15) is 6.92 Å². The van der Waals surface area contributed by atoms with Gasteiger partial charge in [-0.05, 0) is 59.8 Å². The average molecular weight is 390 g/mol. The van der Waals surface area contributed by atoms with Crippen LogP contribution < -0.4 is 15.8 Å². The monoisotopic (exact) mass is 389 g/mol. The zero-order chi connectivity index (χ0) is 13.8. The van der Waals surface area contributed by atoms with Crippen molar-refractivity contribution in [2.24, 2.45) is 0 Å². The zero-order valence-corrected chi connectivity index (χ0v) is 13.2. The van der Waals surface area contributed by atoms with Gasteiger partial charge < -0.3 is 15.8 Å². The Morgan fingerprint density at radius 1 is 1.37 bits per heavy atom. The number of aromatic nitrogens is 1. The quantitative estimate of drug-likeness (QED) is 0.774. The fourth-order valence-electron chi connectivity index (χ4n) is 1.50. The molecule has 0 aliphatic rings. The van der Waals surface area contributed by atoms with E-state index in [1.54, 1.807) is 6.07 Å². The van der Waals surface area contributed by atoms with Crippen molar-refractivity contribution in [3.63, 3.8) is 0 Å². The molecule has 0 atom stereocenters. The van der Waals surface area contributed by atoms with Crippen LogP contribution in [0.4, 0.5) is 17.2 Å². The normalized spacial score (nSPS) is 10.3. The second kappa shape index (κ2) is 6.29. The van der Waals surface area contributed by atoms with Crippen molar-refractivity contribution in [1.82, 2.24) is 4.98 Å². The fourth-order valence-corrected chi connectivity index (χ4v) is 2.51. The number of nitrogen functional groups attached to an aromatic ring is 1. The Bertz CT molecular complexity index is 592. The summed E-state index contributed by atoms with van der Waals surface area (Å²) in [4.78, 5) is 4.33. The lowest BCUT2D eigenvalue weighted by molar-refractivity contribution is 0.329. The van der Waals surface area contributed by atoms with Gasteiger partial charge in [0.25, 0.3) is 0 Å². The number of anilines is 3. The number of halogens is 2. The molecule has 0 saturated heterocycles. The minimum absolute atomic E-state index is 0.441. The first-order valence-electron chi connectivity index (χ1n) is 5.71. The molecule has 0 fully saturated rings. The van der Waals surface area contributed by atoms with Crippen LogP contribution in [0.5, 0.6) is 5.88 Å². The molecule has 2 aromatic rings. The molecular weight excluding hydrogens is 377 g/mol. The van der Waals surface area contributed by atoms with Gasteiger partial charge in [0.15, 0.2) is 0 Å². The van der Waals surface area contributed by atoms with E-state index in [0.717, 1.165) is 9.26 Å². The van der Waals surface area contributed by atoms with Gasteiger partial charge >= 0.3 is 0 Å². The predicted molar refractivity (Wildman–Crippen MR) is 87.3 cm³/mol. The highest BCUT2D eigenvalue weighted by Crippen LogP contribution is 2.27. The molecule has 0 bridgehead atoms. The zero-order valence-electron chi connectivity index (χ0n) is 10.3. The summed E-state index contributed by atoms with van der Waals surface area (Å²) in [7, 11) is 0. The van der Waals surface area contributed by atoms with Crippen LogP contribution in [-0.2, 0) is 0 Å². The number of benzene rings is 1. The maximum atomic E-state index is 5.92. The molecule has 0 aliphatic carbocycles. The van der Waals surface area contributed by atoms with E-state index in [1.165, 1.54) is 0 Å². The summed E-state index contributed by atoms with van der Waals surface area (Å²) in [5.41, 5.74) is 7.25. The van der Waals surface area contributed by atoms with E-state index in [9.17, 15) is 0 Å². The summed E-state index contributed by atoms with van der Waals surface area (Å²) in [6.07, 6.45) is 0. The molecule has 0 unspecified atom stereocenters. The first kappa shape index (κ1) is 14.2. The van der Waals surface area contributed by atoms with Crippen molar-refractivity contribution < 1.29 is 4.74 Å². The van der Waals surface area contributed by atoms with Gasteiger partial charge in [0.2, 0.25) is 5.88 Å². The fraction of sp³-hybridized carbons (Fsp3) is 0.154. The van der Waals surface area contributed by atoms with E-state index in [1.807, 2.05) is 31.2 Å². The van der Waals surface area contributed by atoms with Crippen molar-refractivity contribution in [3.05, 3.63) is 38.9 Å². The Kier molecular flexibility index (Phi) is 4.71. The molecule has 3 N–H and O–H groups in total. The lowest BCUT2D eigenvalue weighted by Crippen LogP contribution is -2.02. The highest BCUT2D eigenvalue weighted by molar-refractivity contribution is 14.1. The minimum Gasteiger partial charge on any atom is -0.476 e. The second-order valence-electron chi connectivity index (χ2n) is 3.77. The Labute approximate surface area is 130 Å². The summed E-state index contributed by atoms with van der Waals surface area (Å²) >= 11 is 8.14. The van der Waals surface area contributed by atoms with Crippen LogP contribution in [-0.4, -0.2) is 11.6 Å². The summed E-state index contributed by atoms with van der Waals surface area (Å²) in [6.45, 7) is 2.42. The van der Waals surface area contributed by atoms with Crippen LogP contribution in [0.15, 0.2) is 30.3 Å². The van der Waals surface area contributed by atoms with Crippen LogP contribution in [0, 0.1) is 3.57 Å². The molecule has 0 spiro atoms. The molecule has 4 nitrogen and oxygen atoms in total. The lowest BCUT2D eigenvalue weighted by atomic mass is 10.3. The predicted octanol–water partition coefficient (Wildman–Crippen LogP) is 4.06. The maximum Gasteiger partial charge on any atom is 0.239 e. The molecule has 1 aromatic carbocycles. The summed E-state index contributed by atoms with van der Waals surface area (Å²) in [5.74, 6) is 1.12. The number of rotatable bonds is 4. The van der Waals surface area contributed by atoms with Gasteiger partial charge in [-0.25, -0.2) is 0 Å². The number of nitrogens with zero attached hydrogens (tertiary/aromatic N) is 1. The highest BCUT2D eigenvalue weighted by Gasteiger charge is 2.06. The number of hydrogen-bond acceptors (Lipinski definition) is 4. The topological polar surface area (TPSA) is 60.2 Å². The number of hydrogen-bond donors (Lipinski definition) is 2. The van der Waals surface area contributed by atoms with Gasteiger partial charge in [-0.1, -0.05) is 11.6 Å². The molecule has 1 heterocycles. The first-order chi connectivity index (χ1) is 9.10. The van der Waals surface area contributed by atoms with Gasteiger partial charge in [-0.15, -0.1) is 0 Å². The summed E-state index contributed by atoms with van der Waals surface area (Å²) < 4.78 is 6.38. The van der Waals surface area contributed by atoms with Crippen molar-refractivity contribution in [3.8, 4) is 5.88 Å². The Balaban J connectivity index is 2.25. The Morgan fingerprint density at radius 3 is 2.84 bits per heavy atom. The standard InChI is InChI=1S/C13H13ClIN3O/c1-2-19-13-10(16)4-6-12(18-13)17-11-5-3-8(14)7-9(11)15/h3-7H,2,16H2,1H3,(H,17,18). The Hall–Kier alpha value is -1.21. The van der Waals surface area contributed by atoms with Crippen LogP contribution in [0.2, 0.25) is 5.02 Å². The third-order valence-corrected chi connectivity index (χ3v) is 3.49. The number of nitrogens with one attached hydrogen (secondary N) is 1. The van der Waals surface area contributed by atoms with E-state index in [0.29, 0.717) is 29.0 Å². The maximum absolute atomic E-state index is 5.92.